The van der Waals surface area contributed by atoms with E-state index >= 15 is 0 Å². The van der Waals surface area contributed by atoms with Crippen LogP contribution < -0.4 is 21.3 Å². The summed E-state index contributed by atoms with van der Waals surface area (Å²) in [6, 6.07) is 13.4. The summed E-state index contributed by atoms with van der Waals surface area (Å²) in [5.74, 6) is -0.785. The highest BCUT2D eigenvalue weighted by atomic mass is 32.2. The third kappa shape index (κ3) is 5.02. The van der Waals surface area contributed by atoms with Crippen LogP contribution in [0, 0.1) is 0 Å². The van der Waals surface area contributed by atoms with Crippen LogP contribution in [0.5, 0.6) is 0 Å². The number of nitrogens with one attached hydrogen (secondary N) is 3. The van der Waals surface area contributed by atoms with Crippen molar-refractivity contribution in [2.24, 2.45) is 0 Å². The van der Waals surface area contributed by atoms with E-state index in [2.05, 4.69) is 15.0 Å². The molecule has 0 aliphatic carbocycles. The molecule has 0 saturated heterocycles. The highest BCUT2D eigenvalue weighted by molar-refractivity contribution is 7.89. The molecule has 0 bridgehead atoms. The van der Waals surface area contributed by atoms with Crippen LogP contribution in [0.15, 0.2) is 58.1 Å². The molecule has 0 atom stereocenters. The second-order valence-electron chi connectivity index (χ2n) is 6.62. The summed E-state index contributed by atoms with van der Waals surface area (Å²) >= 11 is 0. The number of sulfonamides is 1. The van der Waals surface area contributed by atoms with E-state index in [0.29, 0.717) is 5.39 Å². The third-order valence-electron chi connectivity index (χ3n) is 4.56. The van der Waals surface area contributed by atoms with Gasteiger partial charge in [-0.3, -0.25) is 14.2 Å². The second-order valence-corrected chi connectivity index (χ2v) is 8.55. The Hall–Kier alpha value is -3.24. The topological polar surface area (TPSA) is 130 Å². The van der Waals surface area contributed by atoms with Crippen LogP contribution in [0.2, 0.25) is 0 Å². The highest BCUT2D eigenvalue weighted by Crippen LogP contribution is 2.09. The quantitative estimate of drug-likeness (QED) is 0.481. The van der Waals surface area contributed by atoms with Gasteiger partial charge in [0.25, 0.3) is 11.5 Å². The molecule has 30 heavy (non-hydrogen) atoms. The fraction of sp³-hybridized carbons (Fsp3) is 0.250. The summed E-state index contributed by atoms with van der Waals surface area (Å²) in [6.07, 6.45) is 0. The molecule has 0 aliphatic rings. The third-order valence-corrected chi connectivity index (χ3v) is 5.88. The number of benzene rings is 2. The number of nitrogens with zero attached hydrogens (tertiary/aromatic N) is 1. The Morgan fingerprint density at radius 3 is 2.53 bits per heavy atom. The van der Waals surface area contributed by atoms with Gasteiger partial charge in [-0.05, 0) is 30.7 Å². The van der Waals surface area contributed by atoms with E-state index in [1.807, 2.05) is 30.3 Å². The van der Waals surface area contributed by atoms with Crippen LogP contribution in [-0.4, -0.2) is 36.2 Å². The Balaban J connectivity index is 1.62. The number of hydrogen-bond donors (Lipinski definition) is 3. The SMILES string of the molecule is CCn1c(=O)[nH]c2cc(C(=O)NCCS(=O)(=O)NCc3ccccc3)ccc2c1=O. The Labute approximate surface area is 172 Å². The molecule has 10 heteroatoms. The van der Waals surface area contributed by atoms with Crippen molar-refractivity contribution in [3.8, 4) is 0 Å². The van der Waals surface area contributed by atoms with Gasteiger partial charge >= 0.3 is 5.69 Å². The number of carbonyl (C=O) groups excluding carboxylic acids is 1. The molecular weight excluding hydrogens is 408 g/mol. The molecule has 0 unspecified atom stereocenters. The Morgan fingerprint density at radius 2 is 1.83 bits per heavy atom. The Morgan fingerprint density at radius 1 is 1.10 bits per heavy atom. The maximum absolute atomic E-state index is 12.3. The summed E-state index contributed by atoms with van der Waals surface area (Å²) < 4.78 is 27.7. The number of hydrogen-bond acceptors (Lipinski definition) is 5. The molecule has 3 N–H and O–H groups in total. The number of H-pyrrole nitrogens is 1. The molecule has 9 nitrogen and oxygen atoms in total. The highest BCUT2D eigenvalue weighted by Gasteiger charge is 2.13. The molecule has 158 valence electrons. The average molecular weight is 430 g/mol. The van der Waals surface area contributed by atoms with Crippen LogP contribution in [0.25, 0.3) is 10.9 Å². The van der Waals surface area contributed by atoms with E-state index in [0.717, 1.165) is 10.1 Å². The van der Waals surface area contributed by atoms with Crippen LogP contribution in [0.4, 0.5) is 0 Å². The molecular formula is C20H22N4O5S. The molecule has 0 spiro atoms. The smallest absolute Gasteiger partial charge is 0.328 e. The lowest BCUT2D eigenvalue weighted by molar-refractivity contribution is 0.0956. The van der Waals surface area contributed by atoms with Crippen LogP contribution in [0.1, 0.15) is 22.8 Å². The first-order valence-electron chi connectivity index (χ1n) is 9.37. The largest absolute Gasteiger partial charge is 0.351 e. The average Bonchev–Trinajstić information content (AvgIpc) is 2.73. The molecule has 0 fully saturated rings. The van der Waals surface area contributed by atoms with Gasteiger partial charge in [-0.25, -0.2) is 17.9 Å². The van der Waals surface area contributed by atoms with Gasteiger partial charge in [0.2, 0.25) is 10.0 Å². The van der Waals surface area contributed by atoms with Gasteiger partial charge < -0.3 is 10.3 Å². The van der Waals surface area contributed by atoms with E-state index in [-0.39, 0.29) is 36.5 Å². The van der Waals surface area contributed by atoms with Crippen LogP contribution in [-0.2, 0) is 23.1 Å². The van der Waals surface area contributed by atoms with Gasteiger partial charge in [0.1, 0.15) is 0 Å². The minimum Gasteiger partial charge on any atom is -0.351 e. The molecule has 2 aromatic carbocycles. The Kier molecular flexibility index (Phi) is 6.48. The van der Waals surface area contributed by atoms with E-state index in [4.69, 9.17) is 0 Å². The summed E-state index contributed by atoms with van der Waals surface area (Å²) in [4.78, 5) is 39.1. The number of fused-ring (bicyclic) bond motifs is 1. The maximum atomic E-state index is 12.3. The molecule has 1 heterocycles. The number of carbonyl (C=O) groups is 1. The Bertz CT molecular complexity index is 1280. The molecule has 0 saturated carbocycles. The van der Waals surface area contributed by atoms with Crippen molar-refractivity contribution in [1.82, 2.24) is 19.6 Å². The van der Waals surface area contributed by atoms with Gasteiger partial charge in [-0.15, -0.1) is 0 Å². The number of aromatic amines is 1. The molecule has 0 aliphatic heterocycles. The lowest BCUT2D eigenvalue weighted by atomic mass is 10.1. The summed E-state index contributed by atoms with van der Waals surface area (Å²) in [5.41, 5.74) is 0.306. The number of aromatic nitrogens is 2. The number of amides is 1. The fourth-order valence-corrected chi connectivity index (χ4v) is 3.85. The van der Waals surface area contributed by atoms with Gasteiger partial charge in [-0.1, -0.05) is 30.3 Å². The van der Waals surface area contributed by atoms with Gasteiger partial charge in [-0.2, -0.15) is 0 Å². The van der Waals surface area contributed by atoms with Gasteiger partial charge in [0, 0.05) is 25.2 Å². The van der Waals surface area contributed by atoms with Crippen LogP contribution >= 0.6 is 0 Å². The van der Waals surface area contributed by atoms with Crippen molar-refractivity contribution < 1.29 is 13.2 Å². The van der Waals surface area contributed by atoms with Crippen molar-refractivity contribution >= 4 is 26.8 Å². The van der Waals surface area contributed by atoms with E-state index in [1.54, 1.807) is 6.92 Å². The molecule has 1 aromatic heterocycles. The zero-order valence-corrected chi connectivity index (χ0v) is 17.2. The van der Waals surface area contributed by atoms with Crippen molar-refractivity contribution in [3.63, 3.8) is 0 Å². The van der Waals surface area contributed by atoms with Crippen molar-refractivity contribution in [3.05, 3.63) is 80.5 Å². The molecule has 3 rings (SSSR count). The van der Waals surface area contributed by atoms with Gasteiger partial charge in [0.15, 0.2) is 0 Å². The monoisotopic (exact) mass is 430 g/mol. The van der Waals surface area contributed by atoms with E-state index in [9.17, 15) is 22.8 Å². The van der Waals surface area contributed by atoms with Crippen LogP contribution in [0.3, 0.4) is 0 Å². The number of rotatable bonds is 8. The van der Waals surface area contributed by atoms with E-state index < -0.39 is 27.2 Å². The molecule has 0 radical (unpaired) electrons. The minimum atomic E-state index is -3.57. The minimum absolute atomic E-state index is 0.0883. The zero-order valence-electron chi connectivity index (χ0n) is 16.3. The maximum Gasteiger partial charge on any atom is 0.328 e. The lowest BCUT2D eigenvalue weighted by Gasteiger charge is -2.09. The zero-order chi connectivity index (χ0) is 21.7. The lowest BCUT2D eigenvalue weighted by Crippen LogP contribution is -2.35. The first-order valence-corrected chi connectivity index (χ1v) is 11.0. The predicted molar refractivity (Wildman–Crippen MR) is 114 cm³/mol. The predicted octanol–water partition coefficient (Wildman–Crippen LogP) is 0.559. The van der Waals surface area contributed by atoms with E-state index in [1.165, 1.54) is 18.2 Å². The standard InChI is InChI=1S/C20H22N4O5S/c1-2-24-19(26)16-9-8-15(12-17(16)23-20(24)27)18(25)21-10-11-30(28,29)22-13-14-6-4-3-5-7-14/h3-9,12,22H,2,10-11,13H2,1H3,(H,21,25)(H,23,27). The van der Waals surface area contributed by atoms with Gasteiger partial charge in [0.05, 0.1) is 16.7 Å². The van der Waals surface area contributed by atoms with Crippen molar-refractivity contribution in [2.45, 2.75) is 20.0 Å². The normalized spacial score (nSPS) is 11.5. The summed E-state index contributed by atoms with van der Waals surface area (Å²) in [5, 5.41) is 2.83. The molecule has 1 amide bonds. The summed E-state index contributed by atoms with van der Waals surface area (Å²) in [6.45, 7) is 2.01. The first kappa shape index (κ1) is 21.5. The first-order chi connectivity index (χ1) is 14.3. The fourth-order valence-electron chi connectivity index (χ4n) is 2.95. The van der Waals surface area contributed by atoms with Crippen molar-refractivity contribution in [2.75, 3.05) is 12.3 Å². The van der Waals surface area contributed by atoms with Crippen molar-refractivity contribution in [1.29, 1.82) is 0 Å². The summed E-state index contributed by atoms with van der Waals surface area (Å²) in [7, 11) is -3.57. The molecule has 3 aromatic rings. The second kappa shape index (κ2) is 9.06.